The summed E-state index contributed by atoms with van der Waals surface area (Å²) in [5.74, 6) is -2.71. The monoisotopic (exact) mass is 457 g/mol. The third-order valence-corrected chi connectivity index (χ3v) is 5.51. The number of carboxylic acid groups (broad SMARTS) is 1. The van der Waals surface area contributed by atoms with Crippen molar-refractivity contribution in [3.63, 3.8) is 0 Å². The summed E-state index contributed by atoms with van der Waals surface area (Å²) < 4.78 is 0. The van der Waals surface area contributed by atoms with Crippen LogP contribution in [0.2, 0.25) is 0 Å². The summed E-state index contributed by atoms with van der Waals surface area (Å²) >= 11 is 0. The Bertz CT molecular complexity index is 657. The molecular weight excluding hydrogens is 418 g/mol. The number of nitrogens with one attached hydrogen (secondary N) is 2. The largest absolute Gasteiger partial charge is 0.480 e. The van der Waals surface area contributed by atoms with Gasteiger partial charge in [-0.3, -0.25) is 14.4 Å². The van der Waals surface area contributed by atoms with Crippen LogP contribution in [-0.2, 0) is 19.2 Å². The molecule has 0 spiro atoms. The first-order valence-electron chi connectivity index (χ1n) is 11.3. The maximum atomic E-state index is 13.0. The minimum atomic E-state index is -1.33. The molecule has 11 heteroatoms. The molecule has 0 radical (unpaired) electrons. The number of likely N-dealkylation sites (tertiary alicyclic amines) is 1. The number of aliphatic carboxylic acids is 1. The highest BCUT2D eigenvalue weighted by atomic mass is 16.4. The van der Waals surface area contributed by atoms with Crippen molar-refractivity contribution in [1.29, 1.82) is 0 Å². The van der Waals surface area contributed by atoms with Gasteiger partial charge >= 0.3 is 5.97 Å². The molecule has 1 aliphatic heterocycles. The maximum absolute atomic E-state index is 13.0. The van der Waals surface area contributed by atoms with E-state index in [1.54, 1.807) is 0 Å². The molecule has 184 valence electrons. The lowest BCUT2D eigenvalue weighted by atomic mass is 10.0. The maximum Gasteiger partial charge on any atom is 0.326 e. The molecule has 1 aliphatic rings. The van der Waals surface area contributed by atoms with Gasteiger partial charge < -0.3 is 37.2 Å². The van der Waals surface area contributed by atoms with E-state index in [0.29, 0.717) is 38.6 Å². The Hall–Kier alpha value is -2.24. The lowest BCUT2D eigenvalue weighted by molar-refractivity contribution is -0.150. The van der Waals surface area contributed by atoms with Crippen LogP contribution >= 0.6 is 0 Å². The van der Waals surface area contributed by atoms with Crippen LogP contribution in [-0.4, -0.2) is 82.2 Å². The van der Waals surface area contributed by atoms with Gasteiger partial charge in [0.15, 0.2) is 0 Å². The average Bonchev–Trinajstić information content (AvgIpc) is 3.20. The SMILES string of the molecule is CC(C)CC(N)C(=O)NC(CCCCN)C(=O)NC(C(=O)N1CCCC1C(=O)O)C(C)O. The standard InChI is InChI=1S/C21H39N5O6/c1-12(2)11-14(23)18(28)24-15(7-4-5-9-22)19(29)25-17(13(3)27)20(30)26-10-6-8-16(26)21(31)32/h12-17,27H,4-11,22-23H2,1-3H3,(H,24,28)(H,25,29)(H,31,32). The van der Waals surface area contributed by atoms with Crippen LogP contribution in [0.1, 0.15) is 59.3 Å². The van der Waals surface area contributed by atoms with Gasteiger partial charge in [-0.2, -0.15) is 0 Å². The number of carboxylic acids is 1. The molecule has 0 aromatic rings. The van der Waals surface area contributed by atoms with Crippen molar-refractivity contribution < 1.29 is 29.4 Å². The topological polar surface area (TPSA) is 188 Å². The smallest absolute Gasteiger partial charge is 0.326 e. The van der Waals surface area contributed by atoms with E-state index in [4.69, 9.17) is 11.5 Å². The summed E-state index contributed by atoms with van der Waals surface area (Å²) in [6.45, 7) is 5.86. The summed E-state index contributed by atoms with van der Waals surface area (Å²) in [5, 5.41) is 24.6. The van der Waals surface area contributed by atoms with Crippen LogP contribution in [0, 0.1) is 5.92 Å². The number of nitrogens with zero attached hydrogens (tertiary/aromatic N) is 1. The van der Waals surface area contributed by atoms with Crippen molar-refractivity contribution in [2.45, 2.75) is 89.6 Å². The fourth-order valence-corrected chi connectivity index (χ4v) is 3.76. The highest BCUT2D eigenvalue weighted by Gasteiger charge is 2.40. The summed E-state index contributed by atoms with van der Waals surface area (Å²) in [6, 6.07) is -4.07. The average molecular weight is 458 g/mol. The summed E-state index contributed by atoms with van der Waals surface area (Å²) in [6.07, 6.45) is 1.51. The van der Waals surface area contributed by atoms with Crippen LogP contribution in [0.25, 0.3) is 0 Å². The molecule has 11 nitrogen and oxygen atoms in total. The van der Waals surface area contributed by atoms with Crippen molar-refractivity contribution >= 4 is 23.7 Å². The van der Waals surface area contributed by atoms with Gasteiger partial charge in [0, 0.05) is 6.54 Å². The van der Waals surface area contributed by atoms with Crippen LogP contribution in [0.4, 0.5) is 0 Å². The number of rotatable bonds is 13. The van der Waals surface area contributed by atoms with Crippen molar-refractivity contribution in [2.24, 2.45) is 17.4 Å². The minimum Gasteiger partial charge on any atom is -0.480 e. The zero-order valence-corrected chi connectivity index (χ0v) is 19.3. The Kier molecular flexibility index (Phi) is 11.6. The van der Waals surface area contributed by atoms with E-state index < -0.39 is 54.0 Å². The highest BCUT2D eigenvalue weighted by Crippen LogP contribution is 2.19. The van der Waals surface area contributed by atoms with Crippen molar-refractivity contribution in [3.8, 4) is 0 Å². The number of unbranched alkanes of at least 4 members (excludes halogenated alkanes) is 1. The van der Waals surface area contributed by atoms with Crippen molar-refractivity contribution in [3.05, 3.63) is 0 Å². The van der Waals surface area contributed by atoms with Gasteiger partial charge in [-0.15, -0.1) is 0 Å². The van der Waals surface area contributed by atoms with E-state index in [9.17, 15) is 29.4 Å². The van der Waals surface area contributed by atoms with Gasteiger partial charge in [0.25, 0.3) is 0 Å². The Morgan fingerprint density at radius 3 is 2.28 bits per heavy atom. The molecule has 8 N–H and O–H groups in total. The highest BCUT2D eigenvalue weighted by molar-refractivity contribution is 5.94. The van der Waals surface area contributed by atoms with E-state index in [1.807, 2.05) is 13.8 Å². The first-order chi connectivity index (χ1) is 15.0. The summed E-state index contributed by atoms with van der Waals surface area (Å²) in [7, 11) is 0. The predicted molar refractivity (Wildman–Crippen MR) is 118 cm³/mol. The van der Waals surface area contributed by atoms with Crippen molar-refractivity contribution in [2.75, 3.05) is 13.1 Å². The molecule has 3 amide bonds. The number of amides is 3. The number of carbonyl (C=O) groups excluding carboxylic acids is 3. The quantitative estimate of drug-likeness (QED) is 0.188. The molecule has 1 heterocycles. The second-order valence-corrected chi connectivity index (χ2v) is 8.84. The number of carbonyl (C=O) groups is 4. The molecular formula is C21H39N5O6. The molecule has 1 saturated heterocycles. The zero-order valence-electron chi connectivity index (χ0n) is 19.3. The van der Waals surface area contributed by atoms with Crippen molar-refractivity contribution in [1.82, 2.24) is 15.5 Å². The third kappa shape index (κ3) is 8.36. The van der Waals surface area contributed by atoms with Gasteiger partial charge in [0.2, 0.25) is 17.7 Å². The lowest BCUT2D eigenvalue weighted by Gasteiger charge is -2.30. The van der Waals surface area contributed by atoms with Crippen LogP contribution < -0.4 is 22.1 Å². The van der Waals surface area contributed by atoms with Gasteiger partial charge in [0.1, 0.15) is 18.1 Å². The summed E-state index contributed by atoms with van der Waals surface area (Å²) in [4.78, 5) is 51.0. The molecule has 5 atom stereocenters. The number of hydrogen-bond donors (Lipinski definition) is 6. The van der Waals surface area contributed by atoms with E-state index in [0.717, 1.165) is 0 Å². The Morgan fingerprint density at radius 1 is 1.09 bits per heavy atom. The van der Waals surface area contributed by atoms with Gasteiger partial charge in [-0.25, -0.2) is 4.79 Å². The third-order valence-electron chi connectivity index (χ3n) is 5.51. The first-order valence-corrected chi connectivity index (χ1v) is 11.3. The fraction of sp³-hybridized carbons (Fsp3) is 0.810. The molecule has 0 aromatic heterocycles. The van der Waals surface area contributed by atoms with E-state index in [1.165, 1.54) is 11.8 Å². The zero-order chi connectivity index (χ0) is 24.4. The van der Waals surface area contributed by atoms with Crippen LogP contribution in [0.15, 0.2) is 0 Å². The molecule has 0 aromatic carbocycles. The van der Waals surface area contributed by atoms with E-state index in [-0.39, 0.29) is 18.9 Å². The summed E-state index contributed by atoms with van der Waals surface area (Å²) in [5.41, 5.74) is 11.4. The Morgan fingerprint density at radius 2 is 1.75 bits per heavy atom. The Balaban J connectivity index is 2.94. The minimum absolute atomic E-state index is 0.195. The van der Waals surface area contributed by atoms with Gasteiger partial charge in [-0.05, 0) is 57.9 Å². The molecule has 0 saturated carbocycles. The molecule has 1 rings (SSSR count). The molecule has 0 aliphatic carbocycles. The first kappa shape index (κ1) is 27.8. The number of aliphatic hydroxyl groups excluding tert-OH is 1. The molecule has 32 heavy (non-hydrogen) atoms. The van der Waals surface area contributed by atoms with E-state index >= 15 is 0 Å². The molecule has 0 bridgehead atoms. The Labute approximate surface area is 189 Å². The van der Waals surface area contributed by atoms with Crippen LogP contribution in [0.5, 0.6) is 0 Å². The van der Waals surface area contributed by atoms with E-state index in [2.05, 4.69) is 10.6 Å². The lowest BCUT2D eigenvalue weighted by Crippen LogP contribution is -2.59. The second kappa shape index (κ2) is 13.3. The van der Waals surface area contributed by atoms with Crippen LogP contribution in [0.3, 0.4) is 0 Å². The second-order valence-electron chi connectivity index (χ2n) is 8.84. The normalized spacial score (nSPS) is 19.8. The number of nitrogens with two attached hydrogens (primary N) is 2. The fourth-order valence-electron chi connectivity index (χ4n) is 3.76. The van der Waals surface area contributed by atoms with Gasteiger partial charge in [-0.1, -0.05) is 13.8 Å². The molecule has 1 fully saturated rings. The number of hydrogen-bond acceptors (Lipinski definition) is 7. The van der Waals surface area contributed by atoms with Gasteiger partial charge in [0.05, 0.1) is 12.1 Å². The number of aliphatic hydroxyl groups is 1. The molecule has 5 unspecified atom stereocenters. The predicted octanol–water partition coefficient (Wildman–Crippen LogP) is -1.09.